The number of benzene rings is 1. The molecule has 0 spiro atoms. The van der Waals surface area contributed by atoms with Crippen LogP contribution >= 0.6 is 11.5 Å². The van der Waals surface area contributed by atoms with E-state index in [0.717, 1.165) is 21.3 Å². The van der Waals surface area contributed by atoms with Crippen LogP contribution in [0.25, 0.3) is 10.1 Å². The second-order valence-electron chi connectivity index (χ2n) is 4.01. The maximum atomic E-state index is 10.0. The Morgan fingerprint density at radius 3 is 2.71 bits per heavy atom. The molecule has 1 aromatic heterocycles. The molecule has 0 aliphatic heterocycles. The standard InChI is InChI=1S/C11H13NOS/c1-7-10-8(11(2,3)13)5-4-6-9(10)14-12-7/h4-6,13H,1-3H3. The fourth-order valence-corrected chi connectivity index (χ4v) is 2.47. The van der Waals surface area contributed by atoms with Gasteiger partial charge in [-0.05, 0) is 43.9 Å². The maximum Gasteiger partial charge on any atom is 0.0847 e. The smallest absolute Gasteiger partial charge is 0.0847 e. The molecule has 0 aliphatic rings. The maximum absolute atomic E-state index is 10.0. The van der Waals surface area contributed by atoms with Crippen molar-refractivity contribution in [3.8, 4) is 0 Å². The van der Waals surface area contributed by atoms with Gasteiger partial charge in [0.05, 0.1) is 16.0 Å². The first-order chi connectivity index (χ1) is 6.50. The van der Waals surface area contributed by atoms with Gasteiger partial charge in [-0.1, -0.05) is 12.1 Å². The van der Waals surface area contributed by atoms with Crippen LogP contribution in [0, 0.1) is 6.92 Å². The lowest BCUT2D eigenvalue weighted by Crippen LogP contribution is -2.15. The monoisotopic (exact) mass is 207 g/mol. The molecule has 2 aromatic rings. The van der Waals surface area contributed by atoms with Crippen molar-refractivity contribution in [3.63, 3.8) is 0 Å². The summed E-state index contributed by atoms with van der Waals surface area (Å²) in [4.78, 5) is 0. The van der Waals surface area contributed by atoms with E-state index in [2.05, 4.69) is 4.37 Å². The van der Waals surface area contributed by atoms with Gasteiger partial charge in [-0.15, -0.1) is 0 Å². The third-order valence-electron chi connectivity index (χ3n) is 2.33. The van der Waals surface area contributed by atoms with Crippen molar-refractivity contribution < 1.29 is 5.11 Å². The largest absolute Gasteiger partial charge is 0.386 e. The van der Waals surface area contributed by atoms with Gasteiger partial charge in [0.25, 0.3) is 0 Å². The molecule has 3 heteroatoms. The third kappa shape index (κ3) is 1.42. The van der Waals surface area contributed by atoms with Crippen LogP contribution in [0.4, 0.5) is 0 Å². The lowest BCUT2D eigenvalue weighted by molar-refractivity contribution is 0.0802. The molecule has 0 fully saturated rings. The summed E-state index contributed by atoms with van der Waals surface area (Å²) in [6.45, 7) is 5.59. The summed E-state index contributed by atoms with van der Waals surface area (Å²) in [7, 11) is 0. The van der Waals surface area contributed by atoms with Crippen LogP contribution in [-0.2, 0) is 5.60 Å². The molecule has 0 saturated heterocycles. The highest BCUT2D eigenvalue weighted by Gasteiger charge is 2.20. The van der Waals surface area contributed by atoms with Crippen molar-refractivity contribution in [3.05, 3.63) is 29.5 Å². The SMILES string of the molecule is Cc1nsc2cccc(C(C)(C)O)c12. The molecule has 0 amide bonds. The van der Waals surface area contributed by atoms with E-state index >= 15 is 0 Å². The predicted molar refractivity (Wildman–Crippen MR) is 59.6 cm³/mol. The Balaban J connectivity index is 2.82. The molecule has 1 aromatic carbocycles. The summed E-state index contributed by atoms with van der Waals surface area (Å²) < 4.78 is 5.44. The number of rotatable bonds is 1. The van der Waals surface area contributed by atoms with Crippen molar-refractivity contribution >= 4 is 21.6 Å². The zero-order valence-electron chi connectivity index (χ0n) is 8.53. The highest BCUT2D eigenvalue weighted by Crippen LogP contribution is 2.32. The van der Waals surface area contributed by atoms with E-state index in [9.17, 15) is 5.11 Å². The summed E-state index contributed by atoms with van der Waals surface area (Å²) in [6, 6.07) is 5.96. The normalized spacial score (nSPS) is 12.3. The number of hydrogen-bond acceptors (Lipinski definition) is 3. The fourth-order valence-electron chi connectivity index (χ4n) is 1.65. The Labute approximate surface area is 87.4 Å². The van der Waals surface area contributed by atoms with Crippen LogP contribution in [0.1, 0.15) is 25.1 Å². The predicted octanol–water partition coefficient (Wildman–Crippen LogP) is 2.83. The van der Waals surface area contributed by atoms with Crippen molar-refractivity contribution in [2.45, 2.75) is 26.4 Å². The molecule has 0 radical (unpaired) electrons. The highest BCUT2D eigenvalue weighted by molar-refractivity contribution is 7.13. The fraction of sp³-hybridized carbons (Fsp3) is 0.364. The van der Waals surface area contributed by atoms with Gasteiger partial charge in [0.2, 0.25) is 0 Å². The number of hydrogen-bond donors (Lipinski definition) is 1. The molecule has 1 N–H and O–H groups in total. The third-order valence-corrected chi connectivity index (χ3v) is 3.23. The first-order valence-electron chi connectivity index (χ1n) is 4.58. The van der Waals surface area contributed by atoms with Gasteiger partial charge in [-0.3, -0.25) is 0 Å². The zero-order valence-corrected chi connectivity index (χ0v) is 9.35. The van der Waals surface area contributed by atoms with E-state index in [1.165, 1.54) is 11.5 Å². The number of aryl methyl sites for hydroxylation is 1. The van der Waals surface area contributed by atoms with Gasteiger partial charge in [0.1, 0.15) is 0 Å². The van der Waals surface area contributed by atoms with Crippen molar-refractivity contribution in [2.24, 2.45) is 0 Å². The Morgan fingerprint density at radius 2 is 2.07 bits per heavy atom. The van der Waals surface area contributed by atoms with Crippen molar-refractivity contribution in [2.75, 3.05) is 0 Å². The summed E-state index contributed by atoms with van der Waals surface area (Å²) in [5, 5.41) is 11.1. The van der Waals surface area contributed by atoms with Gasteiger partial charge < -0.3 is 5.11 Å². The van der Waals surface area contributed by atoms with Gasteiger partial charge in [-0.2, -0.15) is 4.37 Å². The number of aromatic nitrogens is 1. The van der Waals surface area contributed by atoms with Gasteiger partial charge >= 0.3 is 0 Å². The van der Waals surface area contributed by atoms with Crippen LogP contribution in [0.3, 0.4) is 0 Å². The number of nitrogens with zero attached hydrogens (tertiary/aromatic N) is 1. The zero-order chi connectivity index (χ0) is 10.3. The quantitative estimate of drug-likeness (QED) is 0.780. The first kappa shape index (κ1) is 9.62. The van der Waals surface area contributed by atoms with Gasteiger partial charge in [-0.25, -0.2) is 0 Å². The molecule has 2 rings (SSSR count). The molecule has 1 heterocycles. The summed E-state index contributed by atoms with van der Waals surface area (Å²) in [6.07, 6.45) is 0. The van der Waals surface area contributed by atoms with Crippen LogP contribution in [0.2, 0.25) is 0 Å². The van der Waals surface area contributed by atoms with Crippen LogP contribution in [-0.4, -0.2) is 9.48 Å². The van der Waals surface area contributed by atoms with E-state index < -0.39 is 5.60 Å². The minimum Gasteiger partial charge on any atom is -0.386 e. The highest BCUT2D eigenvalue weighted by atomic mass is 32.1. The number of aliphatic hydroxyl groups is 1. The van der Waals surface area contributed by atoms with E-state index in [-0.39, 0.29) is 0 Å². The molecule has 0 bridgehead atoms. The molecular formula is C11H13NOS. The van der Waals surface area contributed by atoms with Crippen molar-refractivity contribution in [1.82, 2.24) is 4.37 Å². The average molecular weight is 207 g/mol. The van der Waals surface area contributed by atoms with E-state index in [0.29, 0.717) is 0 Å². The molecule has 0 aliphatic carbocycles. The molecular weight excluding hydrogens is 194 g/mol. The lowest BCUT2D eigenvalue weighted by atomic mass is 9.94. The molecule has 2 nitrogen and oxygen atoms in total. The lowest BCUT2D eigenvalue weighted by Gasteiger charge is -2.18. The summed E-state index contributed by atoms with van der Waals surface area (Å²) in [5.41, 5.74) is 1.16. The topological polar surface area (TPSA) is 33.1 Å². The molecule has 74 valence electrons. The van der Waals surface area contributed by atoms with Gasteiger partial charge in [0.15, 0.2) is 0 Å². The first-order valence-corrected chi connectivity index (χ1v) is 5.35. The Morgan fingerprint density at radius 1 is 1.36 bits per heavy atom. The minimum absolute atomic E-state index is 0.799. The second kappa shape index (κ2) is 3.04. The molecule has 14 heavy (non-hydrogen) atoms. The molecule has 0 atom stereocenters. The minimum atomic E-state index is -0.799. The van der Waals surface area contributed by atoms with Crippen LogP contribution in [0.5, 0.6) is 0 Å². The van der Waals surface area contributed by atoms with Crippen LogP contribution < -0.4 is 0 Å². The Kier molecular flexibility index (Phi) is 2.09. The van der Waals surface area contributed by atoms with E-state index in [4.69, 9.17) is 0 Å². The van der Waals surface area contributed by atoms with Crippen molar-refractivity contribution in [1.29, 1.82) is 0 Å². The molecule has 0 unspecified atom stereocenters. The Bertz CT molecular complexity index is 468. The average Bonchev–Trinajstić information content (AvgIpc) is 2.46. The Hall–Kier alpha value is -0.930. The molecule has 0 saturated carbocycles. The van der Waals surface area contributed by atoms with E-state index in [1.807, 2.05) is 25.1 Å². The summed E-state index contributed by atoms with van der Waals surface area (Å²) in [5.74, 6) is 0. The van der Waals surface area contributed by atoms with Gasteiger partial charge in [0, 0.05) is 5.39 Å². The van der Waals surface area contributed by atoms with Crippen LogP contribution in [0.15, 0.2) is 18.2 Å². The van der Waals surface area contributed by atoms with E-state index in [1.54, 1.807) is 13.8 Å². The summed E-state index contributed by atoms with van der Waals surface area (Å²) >= 11 is 1.48. The number of fused-ring (bicyclic) bond motifs is 1. The second-order valence-corrected chi connectivity index (χ2v) is 4.81.